The van der Waals surface area contributed by atoms with E-state index in [1.807, 2.05) is 0 Å². The molecule has 0 spiro atoms. The second-order valence-corrected chi connectivity index (χ2v) is 6.44. The molecule has 3 fully saturated rings. The van der Waals surface area contributed by atoms with Crippen molar-refractivity contribution in [1.29, 1.82) is 0 Å². The maximum atomic E-state index is 3.88. The van der Waals surface area contributed by atoms with Crippen LogP contribution in [0, 0.1) is 11.8 Å². The molecule has 2 N–H and O–H groups in total. The Labute approximate surface area is 99.6 Å². The minimum absolute atomic E-state index is 0.735. The lowest BCUT2D eigenvalue weighted by Gasteiger charge is -2.51. The number of fused-ring (bicyclic) bond motifs is 3. The van der Waals surface area contributed by atoms with E-state index < -0.39 is 0 Å². The van der Waals surface area contributed by atoms with Gasteiger partial charge in [0.05, 0.1) is 0 Å². The Hall–Kier alpha value is -0.0800. The van der Waals surface area contributed by atoms with Crippen molar-refractivity contribution < 1.29 is 0 Å². The number of hydrogen-bond acceptors (Lipinski definition) is 2. The SMILES string of the molecule is CC1CCC2CCC3CCC(C)NC3C2N1. The quantitative estimate of drug-likeness (QED) is 0.657. The van der Waals surface area contributed by atoms with Crippen molar-refractivity contribution in [2.24, 2.45) is 11.8 Å². The molecule has 0 aromatic heterocycles. The first-order valence-corrected chi connectivity index (χ1v) is 7.26. The van der Waals surface area contributed by atoms with Gasteiger partial charge in [0.25, 0.3) is 0 Å². The van der Waals surface area contributed by atoms with Gasteiger partial charge in [-0.25, -0.2) is 0 Å². The van der Waals surface area contributed by atoms with Crippen LogP contribution in [0.2, 0.25) is 0 Å². The highest BCUT2D eigenvalue weighted by molar-refractivity contribution is 5.02. The van der Waals surface area contributed by atoms with Crippen molar-refractivity contribution in [1.82, 2.24) is 10.6 Å². The first kappa shape index (κ1) is 11.0. The highest BCUT2D eigenvalue weighted by atomic mass is 15.1. The van der Waals surface area contributed by atoms with E-state index in [1.165, 1.54) is 38.5 Å². The Kier molecular flexibility index (Phi) is 2.97. The Morgan fingerprint density at radius 2 is 1.00 bits per heavy atom. The molecule has 16 heavy (non-hydrogen) atoms. The molecule has 1 aliphatic carbocycles. The van der Waals surface area contributed by atoms with Gasteiger partial charge in [-0.2, -0.15) is 0 Å². The summed E-state index contributed by atoms with van der Waals surface area (Å²) in [5.41, 5.74) is 0. The van der Waals surface area contributed by atoms with E-state index in [0.717, 1.165) is 36.0 Å². The Morgan fingerprint density at radius 1 is 0.625 bits per heavy atom. The van der Waals surface area contributed by atoms with Gasteiger partial charge in [-0.05, 0) is 64.2 Å². The van der Waals surface area contributed by atoms with E-state index in [2.05, 4.69) is 24.5 Å². The smallest absolute Gasteiger partial charge is 0.0254 e. The standard InChI is InChI=1S/C14H26N2/c1-9-3-5-11-7-8-12-6-4-10(2)16-14(12)13(11)15-9/h9-16H,3-8H2,1-2H3. The lowest BCUT2D eigenvalue weighted by atomic mass is 9.67. The summed E-state index contributed by atoms with van der Waals surface area (Å²) in [6.45, 7) is 4.71. The maximum Gasteiger partial charge on any atom is 0.0254 e. The number of piperidine rings is 2. The Morgan fingerprint density at radius 3 is 1.44 bits per heavy atom. The van der Waals surface area contributed by atoms with Crippen molar-refractivity contribution in [3.63, 3.8) is 0 Å². The van der Waals surface area contributed by atoms with Crippen LogP contribution < -0.4 is 10.6 Å². The van der Waals surface area contributed by atoms with E-state index in [1.54, 1.807) is 0 Å². The first-order chi connectivity index (χ1) is 7.74. The fourth-order valence-electron chi connectivity index (χ4n) is 4.25. The van der Waals surface area contributed by atoms with Gasteiger partial charge < -0.3 is 10.6 Å². The summed E-state index contributed by atoms with van der Waals surface area (Å²) in [6, 6.07) is 3.01. The van der Waals surface area contributed by atoms with Gasteiger partial charge in [0.1, 0.15) is 0 Å². The molecule has 92 valence electrons. The molecule has 6 unspecified atom stereocenters. The summed E-state index contributed by atoms with van der Waals surface area (Å²) in [5, 5.41) is 7.75. The van der Waals surface area contributed by atoms with Crippen molar-refractivity contribution in [3.05, 3.63) is 0 Å². The third kappa shape index (κ3) is 1.91. The van der Waals surface area contributed by atoms with Crippen LogP contribution in [0.25, 0.3) is 0 Å². The third-order valence-electron chi connectivity index (χ3n) is 5.21. The van der Waals surface area contributed by atoms with Crippen LogP contribution in [0.3, 0.4) is 0 Å². The number of rotatable bonds is 0. The first-order valence-electron chi connectivity index (χ1n) is 7.26. The molecular weight excluding hydrogens is 196 g/mol. The number of hydrogen-bond donors (Lipinski definition) is 2. The second-order valence-electron chi connectivity index (χ2n) is 6.44. The zero-order valence-electron chi connectivity index (χ0n) is 10.7. The van der Waals surface area contributed by atoms with Crippen molar-refractivity contribution in [2.45, 2.75) is 76.5 Å². The molecular formula is C14H26N2. The third-order valence-corrected chi connectivity index (χ3v) is 5.21. The molecule has 2 nitrogen and oxygen atoms in total. The summed E-state index contributed by atoms with van der Waals surface area (Å²) < 4.78 is 0. The number of nitrogens with one attached hydrogen (secondary N) is 2. The zero-order chi connectivity index (χ0) is 11.1. The summed E-state index contributed by atoms with van der Waals surface area (Å²) in [6.07, 6.45) is 8.63. The lowest BCUT2D eigenvalue weighted by Crippen LogP contribution is -2.64. The average molecular weight is 222 g/mol. The summed E-state index contributed by atoms with van der Waals surface area (Å²) in [7, 11) is 0. The van der Waals surface area contributed by atoms with E-state index >= 15 is 0 Å². The molecule has 2 aliphatic heterocycles. The molecule has 0 bridgehead atoms. The topological polar surface area (TPSA) is 24.1 Å². The fourth-order valence-corrected chi connectivity index (χ4v) is 4.25. The molecule has 0 radical (unpaired) electrons. The van der Waals surface area contributed by atoms with Gasteiger partial charge in [0.2, 0.25) is 0 Å². The molecule has 0 aromatic rings. The molecule has 2 saturated heterocycles. The van der Waals surface area contributed by atoms with E-state index in [4.69, 9.17) is 0 Å². The Balaban J connectivity index is 1.75. The summed E-state index contributed by atoms with van der Waals surface area (Å²) in [4.78, 5) is 0. The Bertz CT molecular complexity index is 227. The van der Waals surface area contributed by atoms with Gasteiger partial charge in [-0.15, -0.1) is 0 Å². The molecule has 3 rings (SSSR count). The zero-order valence-corrected chi connectivity index (χ0v) is 10.7. The monoisotopic (exact) mass is 222 g/mol. The normalized spacial score (nSPS) is 52.9. The van der Waals surface area contributed by atoms with Crippen molar-refractivity contribution >= 4 is 0 Å². The fraction of sp³-hybridized carbons (Fsp3) is 1.00. The van der Waals surface area contributed by atoms with Crippen molar-refractivity contribution in [3.8, 4) is 0 Å². The molecule has 3 aliphatic rings. The van der Waals surface area contributed by atoms with Crippen LogP contribution >= 0.6 is 0 Å². The highest BCUT2D eigenvalue weighted by Crippen LogP contribution is 2.39. The molecule has 0 amide bonds. The lowest BCUT2D eigenvalue weighted by molar-refractivity contribution is 0.0695. The van der Waals surface area contributed by atoms with E-state index in [0.29, 0.717) is 0 Å². The largest absolute Gasteiger partial charge is 0.310 e. The average Bonchev–Trinajstić information content (AvgIpc) is 2.29. The molecule has 2 heteroatoms. The van der Waals surface area contributed by atoms with Gasteiger partial charge >= 0.3 is 0 Å². The van der Waals surface area contributed by atoms with Crippen LogP contribution in [0.15, 0.2) is 0 Å². The summed E-state index contributed by atoms with van der Waals surface area (Å²) in [5.74, 6) is 1.91. The predicted molar refractivity (Wildman–Crippen MR) is 67.5 cm³/mol. The van der Waals surface area contributed by atoms with Crippen LogP contribution in [0.5, 0.6) is 0 Å². The van der Waals surface area contributed by atoms with Crippen LogP contribution in [-0.4, -0.2) is 24.2 Å². The van der Waals surface area contributed by atoms with Crippen LogP contribution in [-0.2, 0) is 0 Å². The molecule has 1 saturated carbocycles. The maximum absolute atomic E-state index is 3.88. The molecule has 6 atom stereocenters. The van der Waals surface area contributed by atoms with Crippen LogP contribution in [0.1, 0.15) is 52.4 Å². The second kappa shape index (κ2) is 4.30. The van der Waals surface area contributed by atoms with E-state index in [-0.39, 0.29) is 0 Å². The van der Waals surface area contributed by atoms with Crippen LogP contribution in [0.4, 0.5) is 0 Å². The van der Waals surface area contributed by atoms with Gasteiger partial charge in [-0.3, -0.25) is 0 Å². The van der Waals surface area contributed by atoms with E-state index in [9.17, 15) is 0 Å². The molecule has 0 aromatic carbocycles. The van der Waals surface area contributed by atoms with Gasteiger partial charge in [-0.1, -0.05) is 0 Å². The van der Waals surface area contributed by atoms with Crippen molar-refractivity contribution in [2.75, 3.05) is 0 Å². The predicted octanol–water partition coefficient (Wildman–Crippen LogP) is 2.29. The molecule has 2 heterocycles. The van der Waals surface area contributed by atoms with Gasteiger partial charge in [0.15, 0.2) is 0 Å². The van der Waals surface area contributed by atoms with Gasteiger partial charge in [0, 0.05) is 24.2 Å². The summed E-state index contributed by atoms with van der Waals surface area (Å²) >= 11 is 0. The minimum atomic E-state index is 0.735. The minimum Gasteiger partial charge on any atom is -0.310 e. The highest BCUT2D eigenvalue weighted by Gasteiger charge is 2.43.